The number of hydrogen-bond acceptors (Lipinski definition) is 4. The number of nitrogens with zero attached hydrogens (tertiary/aromatic N) is 3. The third-order valence-corrected chi connectivity index (χ3v) is 4.70. The van der Waals surface area contributed by atoms with Gasteiger partial charge in [0.15, 0.2) is 6.10 Å². The number of carbonyl (C=O) groups is 1. The van der Waals surface area contributed by atoms with Crippen molar-refractivity contribution in [2.75, 3.05) is 0 Å². The van der Waals surface area contributed by atoms with Gasteiger partial charge in [0.25, 0.3) is 5.91 Å². The van der Waals surface area contributed by atoms with E-state index in [4.69, 9.17) is 16.3 Å². The van der Waals surface area contributed by atoms with Crippen molar-refractivity contribution in [3.05, 3.63) is 40.4 Å². The first-order valence-electron chi connectivity index (χ1n) is 7.74. The summed E-state index contributed by atoms with van der Waals surface area (Å²) in [5.74, 6) is 2.55. The van der Waals surface area contributed by atoms with Crippen LogP contribution in [0.3, 0.4) is 0 Å². The van der Waals surface area contributed by atoms with Gasteiger partial charge in [0.05, 0.1) is 0 Å². The maximum atomic E-state index is 12.5. The molecule has 0 spiro atoms. The Morgan fingerprint density at radius 1 is 1.43 bits per heavy atom. The molecule has 0 radical (unpaired) electrons. The van der Waals surface area contributed by atoms with E-state index in [-0.39, 0.29) is 11.9 Å². The quantitative estimate of drug-likeness (QED) is 0.908. The topological polar surface area (TPSA) is 69.0 Å². The molecule has 0 saturated carbocycles. The van der Waals surface area contributed by atoms with E-state index < -0.39 is 6.10 Å². The van der Waals surface area contributed by atoms with Crippen LogP contribution in [0.15, 0.2) is 18.2 Å². The van der Waals surface area contributed by atoms with Crippen LogP contribution >= 0.6 is 11.6 Å². The zero-order valence-corrected chi connectivity index (χ0v) is 13.5. The van der Waals surface area contributed by atoms with Gasteiger partial charge in [0.1, 0.15) is 17.4 Å². The number of aromatic nitrogens is 3. The van der Waals surface area contributed by atoms with Crippen molar-refractivity contribution in [3.63, 3.8) is 0 Å². The van der Waals surface area contributed by atoms with E-state index in [2.05, 4.69) is 20.1 Å². The summed E-state index contributed by atoms with van der Waals surface area (Å²) in [5.41, 5.74) is 0.984. The van der Waals surface area contributed by atoms with Gasteiger partial charge in [-0.25, -0.2) is 0 Å². The molecule has 0 bridgehead atoms. The number of rotatable bonds is 2. The largest absolute Gasteiger partial charge is 0.480 e. The molecular weight excluding hydrogens is 316 g/mol. The summed E-state index contributed by atoms with van der Waals surface area (Å²) in [6.07, 6.45) is 1.78. The predicted molar refractivity (Wildman–Crippen MR) is 84.6 cm³/mol. The number of carbonyl (C=O) groups excluding carboxylic acids is 1. The van der Waals surface area contributed by atoms with Gasteiger partial charge in [-0.05, 0) is 37.1 Å². The number of ether oxygens (including phenoxy) is 1. The Labute approximate surface area is 138 Å². The Morgan fingerprint density at radius 2 is 2.30 bits per heavy atom. The average Bonchev–Trinajstić information content (AvgIpc) is 3.11. The summed E-state index contributed by atoms with van der Waals surface area (Å²) in [5, 5.41) is 12.0. The van der Waals surface area contributed by atoms with Crippen molar-refractivity contribution in [1.29, 1.82) is 0 Å². The smallest absolute Gasteiger partial charge is 0.261 e. The van der Waals surface area contributed by atoms with Crippen molar-refractivity contribution >= 4 is 17.5 Å². The molecule has 23 heavy (non-hydrogen) atoms. The van der Waals surface area contributed by atoms with E-state index in [1.165, 1.54) is 0 Å². The summed E-state index contributed by atoms with van der Waals surface area (Å²) in [4.78, 5) is 12.5. The number of nitrogens with one attached hydrogen (secondary N) is 1. The molecule has 1 N–H and O–H groups in total. The van der Waals surface area contributed by atoms with Gasteiger partial charge in [-0.3, -0.25) is 4.79 Å². The van der Waals surface area contributed by atoms with Gasteiger partial charge >= 0.3 is 0 Å². The molecule has 2 atom stereocenters. The van der Waals surface area contributed by atoms with Gasteiger partial charge in [-0.1, -0.05) is 11.6 Å². The third-order valence-electron chi connectivity index (χ3n) is 4.47. The molecule has 2 aliphatic heterocycles. The maximum absolute atomic E-state index is 12.5. The summed E-state index contributed by atoms with van der Waals surface area (Å²) in [6.45, 7) is 2.65. The number of hydrogen-bond donors (Lipinski definition) is 1. The minimum Gasteiger partial charge on any atom is -0.480 e. The number of halogens is 1. The second-order valence-corrected chi connectivity index (χ2v) is 6.52. The van der Waals surface area contributed by atoms with Crippen LogP contribution < -0.4 is 10.1 Å². The molecule has 120 valence electrons. The van der Waals surface area contributed by atoms with Gasteiger partial charge in [0, 0.05) is 30.5 Å². The average molecular weight is 333 g/mol. The van der Waals surface area contributed by atoms with Crippen LogP contribution in [0.2, 0.25) is 5.02 Å². The standard InChI is InChI=1S/C16H17ClN4O2/c1-9-19-20-15-5-3-12(8-21(9)15)18-16(22)14-7-10-6-11(17)2-4-13(10)23-14/h2,4,6,12,14H,3,5,7-8H2,1H3,(H,18,22). The number of fused-ring (bicyclic) bond motifs is 2. The Bertz CT molecular complexity index is 773. The van der Waals surface area contributed by atoms with E-state index in [0.29, 0.717) is 18.0 Å². The number of aryl methyl sites for hydroxylation is 2. The van der Waals surface area contributed by atoms with Crippen LogP contribution in [0.4, 0.5) is 0 Å². The molecule has 2 unspecified atom stereocenters. The van der Waals surface area contributed by atoms with Gasteiger partial charge in [-0.2, -0.15) is 0 Å². The third kappa shape index (κ3) is 2.67. The minimum atomic E-state index is -0.480. The molecule has 0 saturated heterocycles. The molecule has 2 aromatic rings. The normalized spacial score (nSPS) is 22.2. The molecule has 1 amide bonds. The molecule has 1 aromatic heterocycles. The zero-order chi connectivity index (χ0) is 16.0. The van der Waals surface area contributed by atoms with E-state index >= 15 is 0 Å². The molecule has 1 aromatic carbocycles. The monoisotopic (exact) mass is 332 g/mol. The maximum Gasteiger partial charge on any atom is 0.261 e. The van der Waals surface area contributed by atoms with E-state index in [0.717, 1.165) is 35.8 Å². The fourth-order valence-corrected chi connectivity index (χ4v) is 3.43. The van der Waals surface area contributed by atoms with Crippen molar-refractivity contribution in [1.82, 2.24) is 20.1 Å². The van der Waals surface area contributed by atoms with Crippen molar-refractivity contribution in [2.45, 2.75) is 44.9 Å². The first-order valence-corrected chi connectivity index (χ1v) is 8.12. The van der Waals surface area contributed by atoms with Crippen LogP contribution in [0.1, 0.15) is 23.6 Å². The van der Waals surface area contributed by atoms with E-state index in [1.54, 1.807) is 6.07 Å². The molecule has 0 fully saturated rings. The lowest BCUT2D eigenvalue weighted by Gasteiger charge is -2.26. The lowest BCUT2D eigenvalue weighted by Crippen LogP contribution is -2.46. The van der Waals surface area contributed by atoms with Crippen LogP contribution in [0.25, 0.3) is 0 Å². The van der Waals surface area contributed by atoms with Gasteiger partial charge in [0.2, 0.25) is 0 Å². The minimum absolute atomic E-state index is 0.0727. The Kier molecular flexibility index (Phi) is 3.49. The highest BCUT2D eigenvalue weighted by Crippen LogP contribution is 2.31. The molecule has 2 aliphatic rings. The van der Waals surface area contributed by atoms with Crippen LogP contribution in [-0.4, -0.2) is 32.8 Å². The number of amides is 1. The Morgan fingerprint density at radius 3 is 3.17 bits per heavy atom. The predicted octanol–water partition coefficient (Wildman–Crippen LogP) is 1.67. The van der Waals surface area contributed by atoms with Crippen molar-refractivity contribution in [3.8, 4) is 5.75 Å². The van der Waals surface area contributed by atoms with Crippen LogP contribution in [-0.2, 0) is 24.2 Å². The first-order chi connectivity index (χ1) is 11.1. The van der Waals surface area contributed by atoms with E-state index in [1.807, 2.05) is 19.1 Å². The molecule has 4 rings (SSSR count). The Hall–Kier alpha value is -2.08. The zero-order valence-electron chi connectivity index (χ0n) is 12.8. The molecule has 6 nitrogen and oxygen atoms in total. The second-order valence-electron chi connectivity index (χ2n) is 6.08. The van der Waals surface area contributed by atoms with Gasteiger partial charge in [-0.15, -0.1) is 10.2 Å². The first kappa shape index (κ1) is 14.5. The molecule has 3 heterocycles. The van der Waals surface area contributed by atoms with Crippen molar-refractivity contribution in [2.24, 2.45) is 0 Å². The fourth-order valence-electron chi connectivity index (χ4n) is 3.24. The van der Waals surface area contributed by atoms with Crippen LogP contribution in [0.5, 0.6) is 5.75 Å². The fraction of sp³-hybridized carbons (Fsp3) is 0.438. The summed E-state index contributed by atoms with van der Waals surface area (Å²) < 4.78 is 7.81. The van der Waals surface area contributed by atoms with Crippen molar-refractivity contribution < 1.29 is 9.53 Å². The highest BCUT2D eigenvalue weighted by molar-refractivity contribution is 6.30. The highest BCUT2D eigenvalue weighted by atomic mass is 35.5. The SMILES string of the molecule is Cc1nnc2n1CC(NC(=O)C1Cc3cc(Cl)ccc3O1)CC2. The molecule has 0 aliphatic carbocycles. The lowest BCUT2D eigenvalue weighted by atomic mass is 10.1. The Balaban J connectivity index is 1.41. The second kappa shape index (κ2) is 5.53. The number of benzene rings is 1. The summed E-state index contributed by atoms with van der Waals surface area (Å²) in [6, 6.07) is 5.54. The summed E-state index contributed by atoms with van der Waals surface area (Å²) in [7, 11) is 0. The lowest BCUT2D eigenvalue weighted by molar-refractivity contribution is -0.128. The highest BCUT2D eigenvalue weighted by Gasteiger charge is 2.31. The molecule has 7 heteroatoms. The summed E-state index contributed by atoms with van der Waals surface area (Å²) >= 11 is 5.99. The molecular formula is C16H17ClN4O2. The van der Waals surface area contributed by atoms with Crippen LogP contribution in [0, 0.1) is 6.92 Å². The van der Waals surface area contributed by atoms with Gasteiger partial charge < -0.3 is 14.6 Å². The van der Waals surface area contributed by atoms with E-state index in [9.17, 15) is 4.79 Å².